The van der Waals surface area contributed by atoms with Gasteiger partial charge in [-0.3, -0.25) is 14.5 Å². The zero-order valence-corrected chi connectivity index (χ0v) is 11.1. The number of hydrogen-bond acceptors (Lipinski definition) is 3. The zero-order valence-electron chi connectivity index (χ0n) is 11.1. The summed E-state index contributed by atoms with van der Waals surface area (Å²) in [5, 5.41) is 0. The molecule has 1 aliphatic heterocycles. The highest BCUT2D eigenvalue weighted by Crippen LogP contribution is 2.27. The van der Waals surface area contributed by atoms with Crippen LogP contribution in [0.2, 0.25) is 0 Å². The lowest BCUT2D eigenvalue weighted by Crippen LogP contribution is -2.55. The van der Waals surface area contributed by atoms with Crippen molar-refractivity contribution in [3.05, 3.63) is 0 Å². The van der Waals surface area contributed by atoms with Gasteiger partial charge in [0.25, 0.3) is 0 Å². The molecule has 1 unspecified atom stereocenters. The van der Waals surface area contributed by atoms with Gasteiger partial charge >= 0.3 is 0 Å². The molecule has 2 aliphatic rings. The molecule has 1 saturated heterocycles. The van der Waals surface area contributed by atoms with Gasteiger partial charge in [0.15, 0.2) is 0 Å². The molecule has 1 aliphatic carbocycles. The Labute approximate surface area is 108 Å². The maximum atomic E-state index is 12.2. The predicted molar refractivity (Wildman–Crippen MR) is 68.8 cm³/mol. The standard InChI is InChI=1S/C13H23N3O2/c1-10(12(14)17)15-6-8-16(9-7-15)13(18)11-4-2-3-5-11/h10-11H,2-9H2,1H3,(H2,14,17). The lowest BCUT2D eigenvalue weighted by Gasteiger charge is -2.37. The number of nitrogens with two attached hydrogens (primary N) is 1. The minimum Gasteiger partial charge on any atom is -0.368 e. The maximum absolute atomic E-state index is 12.2. The highest BCUT2D eigenvalue weighted by atomic mass is 16.2. The van der Waals surface area contributed by atoms with Gasteiger partial charge in [-0.2, -0.15) is 0 Å². The van der Waals surface area contributed by atoms with Crippen molar-refractivity contribution >= 4 is 11.8 Å². The first-order valence-corrected chi connectivity index (χ1v) is 6.91. The molecule has 2 rings (SSSR count). The van der Waals surface area contributed by atoms with E-state index in [4.69, 9.17) is 5.73 Å². The fraction of sp³-hybridized carbons (Fsp3) is 0.846. The van der Waals surface area contributed by atoms with Gasteiger partial charge in [0.2, 0.25) is 11.8 Å². The van der Waals surface area contributed by atoms with Crippen LogP contribution >= 0.6 is 0 Å². The van der Waals surface area contributed by atoms with Crippen molar-refractivity contribution in [3.63, 3.8) is 0 Å². The molecule has 0 aromatic carbocycles. The first-order chi connectivity index (χ1) is 8.59. The van der Waals surface area contributed by atoms with Crippen LogP contribution in [0, 0.1) is 5.92 Å². The Morgan fingerprint density at radius 3 is 2.17 bits per heavy atom. The zero-order chi connectivity index (χ0) is 13.1. The van der Waals surface area contributed by atoms with Crippen molar-refractivity contribution in [1.29, 1.82) is 0 Å². The number of carbonyl (C=O) groups is 2. The van der Waals surface area contributed by atoms with Crippen molar-refractivity contribution in [3.8, 4) is 0 Å². The van der Waals surface area contributed by atoms with E-state index in [-0.39, 0.29) is 17.9 Å². The van der Waals surface area contributed by atoms with E-state index in [1.165, 1.54) is 12.8 Å². The highest BCUT2D eigenvalue weighted by Gasteiger charge is 2.31. The number of hydrogen-bond donors (Lipinski definition) is 1. The van der Waals surface area contributed by atoms with Crippen molar-refractivity contribution in [2.75, 3.05) is 26.2 Å². The number of carbonyl (C=O) groups excluding carboxylic acids is 2. The van der Waals surface area contributed by atoms with Crippen molar-refractivity contribution in [2.24, 2.45) is 11.7 Å². The Hall–Kier alpha value is -1.10. The average molecular weight is 253 g/mol. The van der Waals surface area contributed by atoms with Gasteiger partial charge in [0.1, 0.15) is 0 Å². The second-order valence-corrected chi connectivity index (χ2v) is 5.42. The summed E-state index contributed by atoms with van der Waals surface area (Å²) in [5.74, 6) is 0.287. The molecule has 0 aromatic rings. The molecule has 18 heavy (non-hydrogen) atoms. The molecule has 0 radical (unpaired) electrons. The van der Waals surface area contributed by atoms with Gasteiger partial charge in [0.05, 0.1) is 6.04 Å². The Morgan fingerprint density at radius 2 is 1.67 bits per heavy atom. The fourth-order valence-corrected chi connectivity index (χ4v) is 2.94. The minimum absolute atomic E-state index is 0.228. The second-order valence-electron chi connectivity index (χ2n) is 5.42. The topological polar surface area (TPSA) is 66.6 Å². The molecule has 5 nitrogen and oxygen atoms in total. The molecular weight excluding hydrogens is 230 g/mol. The van der Waals surface area contributed by atoms with Crippen LogP contribution in [-0.2, 0) is 9.59 Å². The predicted octanol–water partition coefficient (Wildman–Crippen LogP) is 0.195. The molecule has 102 valence electrons. The third-order valence-electron chi connectivity index (χ3n) is 4.29. The van der Waals surface area contributed by atoms with Gasteiger partial charge in [-0.1, -0.05) is 12.8 Å². The summed E-state index contributed by atoms with van der Waals surface area (Å²) in [7, 11) is 0. The van der Waals surface area contributed by atoms with E-state index < -0.39 is 0 Å². The number of piperazine rings is 1. The SMILES string of the molecule is CC(C(N)=O)N1CCN(C(=O)C2CCCC2)CC1. The minimum atomic E-state index is -0.287. The van der Waals surface area contributed by atoms with E-state index in [9.17, 15) is 9.59 Å². The second kappa shape index (κ2) is 5.69. The smallest absolute Gasteiger partial charge is 0.234 e. The molecule has 5 heteroatoms. The van der Waals surface area contributed by atoms with Crippen LogP contribution in [0.3, 0.4) is 0 Å². The molecular formula is C13H23N3O2. The van der Waals surface area contributed by atoms with E-state index in [0.717, 1.165) is 39.0 Å². The van der Waals surface area contributed by atoms with E-state index in [1.54, 1.807) is 0 Å². The molecule has 2 N–H and O–H groups in total. The average Bonchev–Trinajstić information content (AvgIpc) is 2.91. The number of amides is 2. The molecule has 1 heterocycles. The summed E-state index contributed by atoms with van der Waals surface area (Å²) in [6.07, 6.45) is 4.48. The summed E-state index contributed by atoms with van der Waals surface area (Å²) < 4.78 is 0. The Balaban J connectivity index is 1.82. The summed E-state index contributed by atoms with van der Waals surface area (Å²) >= 11 is 0. The molecule has 2 amide bonds. The van der Waals surface area contributed by atoms with Gasteiger partial charge in [-0.05, 0) is 19.8 Å². The number of rotatable bonds is 3. The van der Waals surface area contributed by atoms with Gasteiger partial charge < -0.3 is 10.6 Å². The van der Waals surface area contributed by atoms with Crippen molar-refractivity contribution in [2.45, 2.75) is 38.6 Å². The Morgan fingerprint density at radius 1 is 1.11 bits per heavy atom. The van der Waals surface area contributed by atoms with Crippen LogP contribution < -0.4 is 5.73 Å². The van der Waals surface area contributed by atoms with E-state index >= 15 is 0 Å². The van der Waals surface area contributed by atoms with Gasteiger partial charge in [0, 0.05) is 32.1 Å². The molecule has 0 aromatic heterocycles. The quantitative estimate of drug-likeness (QED) is 0.781. The molecule has 1 saturated carbocycles. The molecule has 0 spiro atoms. The fourth-order valence-electron chi connectivity index (χ4n) is 2.94. The third kappa shape index (κ3) is 2.83. The van der Waals surface area contributed by atoms with Crippen LogP contribution in [0.15, 0.2) is 0 Å². The van der Waals surface area contributed by atoms with E-state index in [0.29, 0.717) is 5.91 Å². The summed E-state index contributed by atoms with van der Waals surface area (Å²) in [4.78, 5) is 27.4. The van der Waals surface area contributed by atoms with Gasteiger partial charge in [-0.25, -0.2) is 0 Å². The molecule has 1 atom stereocenters. The summed E-state index contributed by atoms with van der Waals surface area (Å²) in [5.41, 5.74) is 5.30. The highest BCUT2D eigenvalue weighted by molar-refractivity contribution is 5.80. The van der Waals surface area contributed by atoms with E-state index in [2.05, 4.69) is 4.90 Å². The van der Waals surface area contributed by atoms with Crippen LogP contribution in [0.1, 0.15) is 32.6 Å². The normalized spacial score (nSPS) is 24.2. The Kier molecular flexibility index (Phi) is 4.22. The lowest BCUT2D eigenvalue weighted by atomic mass is 10.1. The lowest BCUT2D eigenvalue weighted by molar-refractivity contribution is -0.137. The summed E-state index contributed by atoms with van der Waals surface area (Å²) in [6.45, 7) is 4.79. The van der Waals surface area contributed by atoms with E-state index in [1.807, 2.05) is 11.8 Å². The van der Waals surface area contributed by atoms with Crippen LogP contribution in [0.4, 0.5) is 0 Å². The first-order valence-electron chi connectivity index (χ1n) is 6.91. The molecule has 2 fully saturated rings. The number of primary amides is 1. The van der Waals surface area contributed by atoms with Crippen LogP contribution in [0.25, 0.3) is 0 Å². The van der Waals surface area contributed by atoms with Crippen LogP contribution in [-0.4, -0.2) is 53.8 Å². The van der Waals surface area contributed by atoms with Crippen molar-refractivity contribution < 1.29 is 9.59 Å². The van der Waals surface area contributed by atoms with Crippen molar-refractivity contribution in [1.82, 2.24) is 9.80 Å². The third-order valence-corrected chi connectivity index (χ3v) is 4.29. The number of nitrogens with zero attached hydrogens (tertiary/aromatic N) is 2. The van der Waals surface area contributed by atoms with Crippen LogP contribution in [0.5, 0.6) is 0 Å². The monoisotopic (exact) mass is 253 g/mol. The molecule has 0 bridgehead atoms. The largest absolute Gasteiger partial charge is 0.368 e. The Bertz CT molecular complexity index is 318. The van der Waals surface area contributed by atoms with Gasteiger partial charge in [-0.15, -0.1) is 0 Å². The first kappa shape index (κ1) is 13.3. The maximum Gasteiger partial charge on any atom is 0.234 e. The summed E-state index contributed by atoms with van der Waals surface area (Å²) in [6, 6.07) is -0.228.